The molecular formula is C16H22N2O2. The SMILES string of the molecule is Cc1ccc(OCC(=O)NN=C2CCCCC2)c(C)c1. The van der Waals surface area contributed by atoms with E-state index in [1.165, 1.54) is 24.8 Å². The zero-order chi connectivity index (χ0) is 14.4. The lowest BCUT2D eigenvalue weighted by atomic mass is 9.99. The van der Waals surface area contributed by atoms with Gasteiger partial charge in [0.2, 0.25) is 0 Å². The quantitative estimate of drug-likeness (QED) is 0.858. The van der Waals surface area contributed by atoms with Crippen LogP contribution in [0.1, 0.15) is 43.2 Å². The molecule has 0 heterocycles. The molecule has 1 aromatic carbocycles. The third-order valence-corrected chi connectivity index (χ3v) is 3.46. The number of nitrogens with zero attached hydrogens (tertiary/aromatic N) is 1. The van der Waals surface area contributed by atoms with Crippen molar-refractivity contribution >= 4 is 11.6 Å². The highest BCUT2D eigenvalue weighted by molar-refractivity contribution is 5.87. The normalized spacial score (nSPS) is 14.8. The summed E-state index contributed by atoms with van der Waals surface area (Å²) in [6.07, 6.45) is 5.61. The summed E-state index contributed by atoms with van der Waals surface area (Å²) in [5.74, 6) is 0.541. The summed E-state index contributed by atoms with van der Waals surface area (Å²) in [6, 6.07) is 5.91. The molecule has 20 heavy (non-hydrogen) atoms. The van der Waals surface area contributed by atoms with Gasteiger partial charge in [-0.25, -0.2) is 5.43 Å². The van der Waals surface area contributed by atoms with Gasteiger partial charge in [0.05, 0.1) is 0 Å². The summed E-state index contributed by atoms with van der Waals surface area (Å²) in [6.45, 7) is 4.01. The van der Waals surface area contributed by atoms with Crippen LogP contribution >= 0.6 is 0 Å². The number of rotatable bonds is 4. The van der Waals surface area contributed by atoms with Gasteiger partial charge in [-0.05, 0) is 51.2 Å². The number of hydrazone groups is 1. The monoisotopic (exact) mass is 274 g/mol. The number of nitrogens with one attached hydrogen (secondary N) is 1. The van der Waals surface area contributed by atoms with Gasteiger partial charge in [0.25, 0.3) is 5.91 Å². The topological polar surface area (TPSA) is 50.7 Å². The first-order valence-electron chi connectivity index (χ1n) is 7.19. The van der Waals surface area contributed by atoms with Crippen LogP contribution in [-0.2, 0) is 4.79 Å². The summed E-state index contributed by atoms with van der Waals surface area (Å²) < 4.78 is 5.51. The zero-order valence-electron chi connectivity index (χ0n) is 12.2. The number of benzene rings is 1. The molecule has 0 unspecified atom stereocenters. The van der Waals surface area contributed by atoms with E-state index in [2.05, 4.69) is 10.5 Å². The molecule has 0 saturated heterocycles. The van der Waals surface area contributed by atoms with Crippen LogP contribution in [0.25, 0.3) is 0 Å². The van der Waals surface area contributed by atoms with Gasteiger partial charge >= 0.3 is 0 Å². The third kappa shape index (κ3) is 4.37. The minimum atomic E-state index is -0.206. The molecular weight excluding hydrogens is 252 g/mol. The lowest BCUT2D eigenvalue weighted by Gasteiger charge is -2.12. The smallest absolute Gasteiger partial charge is 0.277 e. The molecule has 0 bridgehead atoms. The molecule has 2 rings (SSSR count). The fourth-order valence-corrected chi connectivity index (χ4v) is 2.35. The highest BCUT2D eigenvalue weighted by Gasteiger charge is 2.08. The number of carbonyl (C=O) groups is 1. The molecule has 108 valence electrons. The minimum Gasteiger partial charge on any atom is -0.483 e. The molecule has 1 saturated carbocycles. The van der Waals surface area contributed by atoms with Gasteiger partial charge in [-0.1, -0.05) is 24.1 Å². The molecule has 4 nitrogen and oxygen atoms in total. The highest BCUT2D eigenvalue weighted by Crippen LogP contribution is 2.18. The minimum absolute atomic E-state index is 0.000676. The van der Waals surface area contributed by atoms with Crippen LogP contribution in [-0.4, -0.2) is 18.2 Å². The standard InChI is InChI=1S/C16H22N2O2/c1-12-8-9-15(13(2)10-12)20-11-16(19)18-17-14-6-4-3-5-7-14/h8-10H,3-7,11H2,1-2H3,(H,18,19). The van der Waals surface area contributed by atoms with Gasteiger partial charge in [0.1, 0.15) is 5.75 Å². The van der Waals surface area contributed by atoms with Crippen LogP contribution in [0.4, 0.5) is 0 Å². The average Bonchev–Trinajstić information content (AvgIpc) is 2.45. The van der Waals surface area contributed by atoms with E-state index in [0.29, 0.717) is 0 Å². The van der Waals surface area contributed by atoms with Crippen molar-refractivity contribution in [2.45, 2.75) is 46.0 Å². The van der Waals surface area contributed by atoms with Crippen molar-refractivity contribution in [3.05, 3.63) is 29.3 Å². The van der Waals surface area contributed by atoms with Gasteiger partial charge in [-0.2, -0.15) is 5.10 Å². The summed E-state index contributed by atoms with van der Waals surface area (Å²) in [4.78, 5) is 11.7. The van der Waals surface area contributed by atoms with Crippen LogP contribution in [0.5, 0.6) is 5.75 Å². The Hall–Kier alpha value is -1.84. The molecule has 0 spiro atoms. The molecule has 0 atom stereocenters. The summed E-state index contributed by atoms with van der Waals surface area (Å²) >= 11 is 0. The first kappa shape index (κ1) is 14.6. The Balaban J connectivity index is 1.80. The first-order valence-corrected chi connectivity index (χ1v) is 7.19. The predicted octanol–water partition coefficient (Wildman–Crippen LogP) is 3.12. The van der Waals surface area contributed by atoms with E-state index in [9.17, 15) is 4.79 Å². The second-order valence-electron chi connectivity index (χ2n) is 5.33. The molecule has 4 heteroatoms. The molecule has 0 radical (unpaired) electrons. The molecule has 1 aliphatic rings. The lowest BCUT2D eigenvalue weighted by molar-refractivity contribution is -0.123. The van der Waals surface area contributed by atoms with Crippen LogP contribution in [0.3, 0.4) is 0 Å². The van der Waals surface area contributed by atoms with Gasteiger partial charge in [-0.15, -0.1) is 0 Å². The summed E-state index contributed by atoms with van der Waals surface area (Å²) in [7, 11) is 0. The summed E-state index contributed by atoms with van der Waals surface area (Å²) in [5.41, 5.74) is 5.89. The maximum Gasteiger partial charge on any atom is 0.277 e. The highest BCUT2D eigenvalue weighted by atomic mass is 16.5. The van der Waals surface area contributed by atoms with Crippen molar-refractivity contribution in [1.82, 2.24) is 5.43 Å². The molecule has 0 aromatic heterocycles. The van der Waals surface area contributed by atoms with E-state index in [1.54, 1.807) is 0 Å². The van der Waals surface area contributed by atoms with Crippen molar-refractivity contribution in [2.24, 2.45) is 5.10 Å². The van der Waals surface area contributed by atoms with Gasteiger partial charge in [0, 0.05) is 5.71 Å². The van der Waals surface area contributed by atoms with E-state index in [-0.39, 0.29) is 12.5 Å². The predicted molar refractivity (Wildman–Crippen MR) is 80.1 cm³/mol. The molecule has 1 fully saturated rings. The molecule has 1 amide bonds. The Labute approximate surface area is 120 Å². The fourth-order valence-electron chi connectivity index (χ4n) is 2.35. The van der Waals surface area contributed by atoms with E-state index in [0.717, 1.165) is 29.9 Å². The van der Waals surface area contributed by atoms with Crippen LogP contribution in [0.2, 0.25) is 0 Å². The van der Waals surface area contributed by atoms with Gasteiger partial charge in [0.15, 0.2) is 6.61 Å². The van der Waals surface area contributed by atoms with Crippen LogP contribution < -0.4 is 10.2 Å². The average molecular weight is 274 g/mol. The Morgan fingerprint density at radius 3 is 2.70 bits per heavy atom. The fraction of sp³-hybridized carbons (Fsp3) is 0.500. The Kier molecular flexibility index (Phi) is 5.16. The first-order chi connectivity index (χ1) is 9.65. The molecule has 1 aromatic rings. The maximum atomic E-state index is 11.7. The molecule has 1 aliphatic carbocycles. The van der Waals surface area contributed by atoms with Crippen molar-refractivity contribution in [1.29, 1.82) is 0 Å². The number of hydrogen-bond donors (Lipinski definition) is 1. The number of hydrogen-bond acceptors (Lipinski definition) is 3. The van der Waals surface area contributed by atoms with Crippen molar-refractivity contribution < 1.29 is 9.53 Å². The van der Waals surface area contributed by atoms with E-state index in [4.69, 9.17) is 4.74 Å². The third-order valence-electron chi connectivity index (χ3n) is 3.46. The molecule has 1 N–H and O–H groups in total. The Morgan fingerprint density at radius 2 is 2.00 bits per heavy atom. The summed E-state index contributed by atoms with van der Waals surface area (Å²) in [5, 5.41) is 4.17. The second-order valence-corrected chi connectivity index (χ2v) is 5.33. The number of ether oxygens (including phenoxy) is 1. The number of amides is 1. The lowest BCUT2D eigenvalue weighted by Crippen LogP contribution is -2.26. The second kappa shape index (κ2) is 7.08. The van der Waals surface area contributed by atoms with Crippen LogP contribution in [0.15, 0.2) is 23.3 Å². The number of aryl methyl sites for hydroxylation is 2. The maximum absolute atomic E-state index is 11.7. The van der Waals surface area contributed by atoms with E-state index in [1.807, 2.05) is 32.0 Å². The van der Waals surface area contributed by atoms with E-state index < -0.39 is 0 Å². The Morgan fingerprint density at radius 1 is 1.25 bits per heavy atom. The van der Waals surface area contributed by atoms with Crippen LogP contribution in [0, 0.1) is 13.8 Å². The number of carbonyl (C=O) groups excluding carboxylic acids is 1. The van der Waals surface area contributed by atoms with Gasteiger partial charge < -0.3 is 4.74 Å². The van der Waals surface area contributed by atoms with Crippen molar-refractivity contribution in [3.8, 4) is 5.75 Å². The largest absolute Gasteiger partial charge is 0.483 e. The zero-order valence-corrected chi connectivity index (χ0v) is 12.2. The van der Waals surface area contributed by atoms with E-state index >= 15 is 0 Å². The van der Waals surface area contributed by atoms with Crippen molar-refractivity contribution in [2.75, 3.05) is 6.61 Å². The van der Waals surface area contributed by atoms with Gasteiger partial charge in [-0.3, -0.25) is 4.79 Å². The molecule has 0 aliphatic heterocycles. The Bertz CT molecular complexity index is 501. The van der Waals surface area contributed by atoms with Crippen molar-refractivity contribution in [3.63, 3.8) is 0 Å².